The van der Waals surface area contributed by atoms with E-state index in [0.29, 0.717) is 18.7 Å². The van der Waals surface area contributed by atoms with Gasteiger partial charge >= 0.3 is 0 Å². The number of ether oxygens (including phenoxy) is 1. The number of benzene rings is 1. The molecule has 2 N–H and O–H groups in total. The summed E-state index contributed by atoms with van der Waals surface area (Å²) in [6, 6.07) is 4.46. The minimum absolute atomic E-state index is 0.154. The molecule has 1 aromatic carbocycles. The van der Waals surface area contributed by atoms with Crippen LogP contribution in [0.2, 0.25) is 0 Å². The molecule has 1 aromatic rings. The van der Waals surface area contributed by atoms with Crippen molar-refractivity contribution in [2.75, 3.05) is 34.3 Å². The maximum absolute atomic E-state index is 12.8. The molecule has 0 heterocycles. The molecule has 27 heavy (non-hydrogen) atoms. The Bertz CT molecular complexity index is 729. The Morgan fingerprint density at radius 1 is 1.30 bits per heavy atom. The van der Waals surface area contributed by atoms with Crippen molar-refractivity contribution in [1.29, 1.82) is 0 Å². The summed E-state index contributed by atoms with van der Waals surface area (Å²) in [6.07, 6.45) is 0.712. The molecule has 0 radical (unpaired) electrons. The highest BCUT2D eigenvalue weighted by atomic mass is 32.2. The third kappa shape index (κ3) is 6.46. The van der Waals surface area contributed by atoms with Crippen molar-refractivity contribution in [3.05, 3.63) is 24.3 Å². The van der Waals surface area contributed by atoms with Crippen LogP contribution in [-0.2, 0) is 14.8 Å². The van der Waals surface area contributed by atoms with Crippen LogP contribution in [0, 0.1) is 5.41 Å². The maximum Gasteiger partial charge on any atom is 0.265 e. The highest BCUT2D eigenvalue weighted by Gasteiger charge is 2.42. The molecule has 1 atom stereocenters. The van der Waals surface area contributed by atoms with Crippen LogP contribution >= 0.6 is 0 Å². The third-order valence-electron chi connectivity index (χ3n) is 3.96. The largest absolute Gasteiger partial charge is 0.497 e. The molecular formula is C18H31N3O5S. The zero-order valence-corrected chi connectivity index (χ0v) is 17.7. The first kappa shape index (κ1) is 23.4. The van der Waals surface area contributed by atoms with Gasteiger partial charge in [0.05, 0.1) is 12.0 Å². The van der Waals surface area contributed by atoms with Crippen LogP contribution in [0.3, 0.4) is 0 Å². The van der Waals surface area contributed by atoms with Crippen molar-refractivity contribution in [3.63, 3.8) is 0 Å². The first-order chi connectivity index (χ1) is 12.4. The summed E-state index contributed by atoms with van der Waals surface area (Å²) in [7, 11) is 0.968. The number of carbonyl (C=O) groups excluding carboxylic acids is 1. The lowest BCUT2D eigenvalue weighted by Gasteiger charge is -2.34. The van der Waals surface area contributed by atoms with Crippen molar-refractivity contribution >= 4 is 15.9 Å². The molecule has 9 heteroatoms. The molecule has 0 saturated carbocycles. The molecule has 0 aliphatic carbocycles. The minimum atomic E-state index is -4.30. The average Bonchev–Trinajstić information content (AvgIpc) is 2.57. The average molecular weight is 402 g/mol. The van der Waals surface area contributed by atoms with Gasteiger partial charge < -0.3 is 15.0 Å². The van der Waals surface area contributed by atoms with Gasteiger partial charge in [-0.3, -0.25) is 10.0 Å². The monoisotopic (exact) mass is 401 g/mol. The smallest absolute Gasteiger partial charge is 0.265 e. The zero-order valence-electron chi connectivity index (χ0n) is 16.9. The van der Waals surface area contributed by atoms with E-state index in [-0.39, 0.29) is 9.36 Å². The van der Waals surface area contributed by atoms with Crippen LogP contribution in [-0.4, -0.2) is 69.2 Å². The first-order valence-corrected chi connectivity index (χ1v) is 10.1. The fraction of sp³-hybridized carbons (Fsp3) is 0.611. The van der Waals surface area contributed by atoms with E-state index < -0.39 is 27.4 Å². The van der Waals surface area contributed by atoms with Gasteiger partial charge in [0.1, 0.15) is 11.8 Å². The van der Waals surface area contributed by atoms with Crippen LogP contribution < -0.4 is 10.1 Å². The fourth-order valence-electron chi connectivity index (χ4n) is 2.54. The molecule has 0 spiro atoms. The molecule has 1 amide bonds. The molecule has 8 nitrogen and oxygen atoms in total. The molecule has 0 aromatic heterocycles. The van der Waals surface area contributed by atoms with E-state index in [4.69, 9.17) is 4.74 Å². The number of nitrogens with zero attached hydrogens (tertiary/aromatic N) is 2. The predicted molar refractivity (Wildman–Crippen MR) is 103 cm³/mol. The third-order valence-corrected chi connectivity index (χ3v) is 5.51. The predicted octanol–water partition coefficient (Wildman–Crippen LogP) is 1.56. The van der Waals surface area contributed by atoms with Crippen molar-refractivity contribution in [1.82, 2.24) is 14.7 Å². The molecule has 0 unspecified atom stereocenters. The zero-order chi connectivity index (χ0) is 20.8. The first-order valence-electron chi connectivity index (χ1n) is 8.71. The second-order valence-corrected chi connectivity index (χ2v) is 9.47. The molecular weight excluding hydrogens is 370 g/mol. The van der Waals surface area contributed by atoms with Crippen LogP contribution in [0.1, 0.15) is 27.2 Å². The van der Waals surface area contributed by atoms with E-state index in [9.17, 15) is 18.4 Å². The van der Waals surface area contributed by atoms with E-state index in [0.717, 1.165) is 6.54 Å². The normalized spacial score (nSPS) is 13.7. The number of hydrogen-bond donors (Lipinski definition) is 2. The molecule has 0 bridgehead atoms. The summed E-state index contributed by atoms with van der Waals surface area (Å²) < 4.78 is 30.9. The Kier molecular flexibility index (Phi) is 8.22. The Morgan fingerprint density at radius 3 is 2.44 bits per heavy atom. The van der Waals surface area contributed by atoms with Crippen molar-refractivity contribution in [2.45, 2.75) is 38.1 Å². The number of nitrogens with one attached hydrogen (secondary N) is 1. The summed E-state index contributed by atoms with van der Waals surface area (Å²) in [6.45, 7) is 6.26. The molecule has 0 fully saturated rings. The van der Waals surface area contributed by atoms with E-state index in [2.05, 4.69) is 5.32 Å². The maximum atomic E-state index is 12.8. The van der Waals surface area contributed by atoms with Gasteiger partial charge in [-0.05, 0) is 44.6 Å². The number of sulfonamides is 1. The standard InChI is InChI=1S/C18H31N3O5S/c1-18(2,3)16(17(22)19-11-8-12-20(4)5)21(23)27(24,25)15-10-7-9-14(13-15)26-6/h7,9-10,13,16,23H,8,11-12H2,1-6H3,(H,19,22)/t16-/m0/s1. The summed E-state index contributed by atoms with van der Waals surface area (Å²) in [5, 5.41) is 13.3. The molecule has 1 rings (SSSR count). The van der Waals surface area contributed by atoms with Gasteiger partial charge in [-0.25, -0.2) is 8.42 Å². The van der Waals surface area contributed by atoms with Gasteiger partial charge in [0.2, 0.25) is 5.91 Å². The van der Waals surface area contributed by atoms with E-state index >= 15 is 0 Å². The lowest BCUT2D eigenvalue weighted by atomic mass is 9.86. The number of hydrogen-bond acceptors (Lipinski definition) is 6. The SMILES string of the molecule is COc1cccc(S(=O)(=O)N(O)[C@@H](C(=O)NCCCN(C)C)C(C)(C)C)c1. The quantitative estimate of drug-likeness (QED) is 0.481. The van der Waals surface area contributed by atoms with Crippen LogP contribution in [0.25, 0.3) is 0 Å². The van der Waals surface area contributed by atoms with Crippen molar-refractivity contribution in [2.24, 2.45) is 5.41 Å². The van der Waals surface area contributed by atoms with Crippen LogP contribution in [0.15, 0.2) is 29.2 Å². The number of methoxy groups -OCH3 is 1. The molecule has 154 valence electrons. The summed E-state index contributed by atoms with van der Waals surface area (Å²) in [4.78, 5) is 14.5. The molecule has 0 aliphatic rings. The van der Waals surface area contributed by atoms with Gasteiger partial charge in [-0.2, -0.15) is 0 Å². The lowest BCUT2D eigenvalue weighted by molar-refractivity contribution is -0.142. The number of amides is 1. The Labute approximate surface area is 162 Å². The van der Waals surface area contributed by atoms with Crippen molar-refractivity contribution in [3.8, 4) is 5.75 Å². The van der Waals surface area contributed by atoms with Crippen LogP contribution in [0.4, 0.5) is 0 Å². The van der Waals surface area contributed by atoms with E-state index in [1.807, 2.05) is 19.0 Å². The second kappa shape index (κ2) is 9.50. The minimum Gasteiger partial charge on any atom is -0.497 e. The fourth-order valence-corrected chi connectivity index (χ4v) is 3.96. The molecule has 0 aliphatic heterocycles. The van der Waals surface area contributed by atoms with Crippen molar-refractivity contribution < 1.29 is 23.2 Å². The topological polar surface area (TPSA) is 99.2 Å². The van der Waals surface area contributed by atoms with Crippen LogP contribution in [0.5, 0.6) is 5.75 Å². The Hall–Kier alpha value is -1.68. The number of carbonyl (C=O) groups is 1. The molecule has 0 saturated heterocycles. The summed E-state index contributed by atoms with van der Waals surface area (Å²) >= 11 is 0. The van der Waals surface area contributed by atoms with Gasteiger partial charge in [0, 0.05) is 12.6 Å². The van der Waals surface area contributed by atoms with Gasteiger partial charge in [0.15, 0.2) is 0 Å². The van der Waals surface area contributed by atoms with E-state index in [1.165, 1.54) is 25.3 Å². The highest BCUT2D eigenvalue weighted by Crippen LogP contribution is 2.29. The summed E-state index contributed by atoms with van der Waals surface area (Å²) in [5.41, 5.74) is -0.827. The number of hydroxylamine groups is 1. The van der Waals surface area contributed by atoms with Gasteiger partial charge in [0.25, 0.3) is 10.0 Å². The second-order valence-electron chi connectivity index (χ2n) is 7.67. The van der Waals surface area contributed by atoms with E-state index in [1.54, 1.807) is 26.8 Å². The number of rotatable bonds is 9. The Morgan fingerprint density at radius 2 is 1.93 bits per heavy atom. The van der Waals surface area contributed by atoms with Gasteiger partial charge in [-0.15, -0.1) is 0 Å². The highest BCUT2D eigenvalue weighted by molar-refractivity contribution is 7.89. The Balaban J connectivity index is 3.06. The lowest BCUT2D eigenvalue weighted by Crippen LogP contribution is -2.54. The van der Waals surface area contributed by atoms with Gasteiger partial charge in [-0.1, -0.05) is 31.3 Å². The summed E-state index contributed by atoms with van der Waals surface area (Å²) in [5.74, 6) is -0.208.